The van der Waals surface area contributed by atoms with Gasteiger partial charge in [-0.25, -0.2) is 4.39 Å². The lowest BCUT2D eigenvalue weighted by atomic mass is 9.86. The monoisotopic (exact) mass is 359 g/mol. The van der Waals surface area contributed by atoms with E-state index < -0.39 is 0 Å². The molecule has 0 spiro atoms. The fraction of sp³-hybridized carbons (Fsp3) is 0.250. The molecule has 3 heteroatoms. The van der Waals surface area contributed by atoms with Crippen molar-refractivity contribution in [2.75, 3.05) is 0 Å². The first-order valence-electron chi connectivity index (χ1n) is 9.46. The maximum Gasteiger partial charge on any atom is 0.152 e. The summed E-state index contributed by atoms with van der Waals surface area (Å²) in [5, 5.41) is 0. The molecule has 0 bridgehead atoms. The summed E-state index contributed by atoms with van der Waals surface area (Å²) in [6, 6.07) is 14.8. The Bertz CT molecular complexity index is 1010. The van der Waals surface area contributed by atoms with Crippen LogP contribution >= 0.6 is 0 Å². The van der Waals surface area contributed by atoms with Crippen LogP contribution in [-0.4, -0.2) is 11.3 Å². The van der Waals surface area contributed by atoms with Gasteiger partial charge >= 0.3 is 0 Å². The van der Waals surface area contributed by atoms with Crippen LogP contribution in [0.3, 0.4) is 0 Å². The van der Waals surface area contributed by atoms with E-state index in [4.69, 9.17) is 4.98 Å². The number of rotatable bonds is 3. The normalized spacial score (nSPS) is 13.0. The first-order chi connectivity index (χ1) is 13.1. The second kappa shape index (κ2) is 7.07. The van der Waals surface area contributed by atoms with Gasteiger partial charge < -0.3 is 0 Å². The highest BCUT2D eigenvalue weighted by Gasteiger charge is 2.25. The molecule has 0 radical (unpaired) electrons. The lowest BCUT2D eigenvalue weighted by Crippen LogP contribution is -2.08. The molecule has 136 valence electrons. The standard InChI is InChI=1S/C24H22FNO/c1-15(2)24-20(14-27)22(17-10-12-18(25)13-11-17)23-19-8-4-3-6-16(19)7-5-9-21(23)26-24/h3-4,6,8,10-15H,5,7,9H2,1-2H3. The number of aryl methyl sites for hydroxylation is 2. The molecule has 0 N–H and O–H groups in total. The molecule has 1 aliphatic rings. The first kappa shape index (κ1) is 17.6. The number of carbonyl (C=O) groups is 1. The van der Waals surface area contributed by atoms with Gasteiger partial charge in [0.05, 0.1) is 5.69 Å². The van der Waals surface area contributed by atoms with Crippen molar-refractivity contribution in [3.8, 4) is 22.3 Å². The number of aromatic nitrogens is 1. The van der Waals surface area contributed by atoms with Crippen molar-refractivity contribution in [1.82, 2.24) is 4.98 Å². The average Bonchev–Trinajstić information content (AvgIpc) is 2.86. The third-order valence-electron chi connectivity index (χ3n) is 5.28. The number of benzene rings is 2. The molecule has 0 saturated heterocycles. The number of aldehydes is 1. The Balaban J connectivity index is 2.14. The Labute approximate surface area is 159 Å². The second-order valence-electron chi connectivity index (χ2n) is 7.40. The van der Waals surface area contributed by atoms with Gasteiger partial charge in [-0.1, -0.05) is 50.2 Å². The summed E-state index contributed by atoms with van der Waals surface area (Å²) in [6.45, 7) is 4.11. The lowest BCUT2D eigenvalue weighted by Gasteiger charge is -2.21. The number of hydrogen-bond donors (Lipinski definition) is 0. The number of hydrogen-bond acceptors (Lipinski definition) is 2. The molecule has 3 aromatic rings. The Morgan fingerprint density at radius 3 is 2.44 bits per heavy atom. The second-order valence-corrected chi connectivity index (χ2v) is 7.40. The minimum Gasteiger partial charge on any atom is -0.298 e. The summed E-state index contributed by atoms with van der Waals surface area (Å²) in [7, 11) is 0. The van der Waals surface area contributed by atoms with E-state index in [-0.39, 0.29) is 11.7 Å². The van der Waals surface area contributed by atoms with Crippen LogP contribution in [0.25, 0.3) is 22.3 Å². The minimum atomic E-state index is -0.281. The van der Waals surface area contributed by atoms with Crippen LogP contribution in [0.5, 0.6) is 0 Å². The molecular weight excluding hydrogens is 337 g/mol. The SMILES string of the molecule is CC(C)c1nc2c(c(-c3ccc(F)cc3)c1C=O)-c1ccccc1CCC2. The smallest absolute Gasteiger partial charge is 0.152 e. The van der Waals surface area contributed by atoms with E-state index in [1.165, 1.54) is 17.7 Å². The Kier molecular flexibility index (Phi) is 4.61. The van der Waals surface area contributed by atoms with E-state index in [2.05, 4.69) is 32.0 Å². The van der Waals surface area contributed by atoms with E-state index in [0.717, 1.165) is 59.2 Å². The fourth-order valence-corrected chi connectivity index (χ4v) is 4.04. The lowest BCUT2D eigenvalue weighted by molar-refractivity contribution is 0.112. The number of fused-ring (bicyclic) bond motifs is 3. The summed E-state index contributed by atoms with van der Waals surface area (Å²) < 4.78 is 13.6. The van der Waals surface area contributed by atoms with Crippen molar-refractivity contribution in [1.29, 1.82) is 0 Å². The molecule has 4 rings (SSSR count). The van der Waals surface area contributed by atoms with E-state index in [9.17, 15) is 9.18 Å². The highest BCUT2D eigenvalue weighted by Crippen LogP contribution is 2.42. The van der Waals surface area contributed by atoms with Crippen molar-refractivity contribution in [2.45, 2.75) is 39.0 Å². The molecule has 1 aliphatic carbocycles. The first-order valence-corrected chi connectivity index (χ1v) is 9.46. The Morgan fingerprint density at radius 1 is 1.00 bits per heavy atom. The molecule has 0 atom stereocenters. The molecule has 0 unspecified atom stereocenters. The zero-order chi connectivity index (χ0) is 19.0. The van der Waals surface area contributed by atoms with Crippen LogP contribution < -0.4 is 0 Å². The van der Waals surface area contributed by atoms with Crippen molar-refractivity contribution in [2.24, 2.45) is 0 Å². The molecule has 1 heterocycles. The summed E-state index contributed by atoms with van der Waals surface area (Å²) in [6.07, 6.45) is 3.80. The van der Waals surface area contributed by atoms with Crippen LogP contribution in [0.4, 0.5) is 4.39 Å². The van der Waals surface area contributed by atoms with Gasteiger partial charge in [0, 0.05) is 22.4 Å². The van der Waals surface area contributed by atoms with Crippen LogP contribution in [0, 0.1) is 5.82 Å². The van der Waals surface area contributed by atoms with E-state index >= 15 is 0 Å². The number of nitrogens with zero attached hydrogens (tertiary/aromatic N) is 1. The van der Waals surface area contributed by atoms with Gasteiger partial charge in [-0.05, 0) is 54.0 Å². The maximum absolute atomic E-state index is 13.6. The van der Waals surface area contributed by atoms with E-state index in [1.54, 1.807) is 12.1 Å². The topological polar surface area (TPSA) is 30.0 Å². The fourth-order valence-electron chi connectivity index (χ4n) is 4.04. The van der Waals surface area contributed by atoms with Crippen molar-refractivity contribution in [3.05, 3.63) is 76.9 Å². The quantitative estimate of drug-likeness (QED) is 0.539. The molecule has 1 aromatic heterocycles. The Morgan fingerprint density at radius 2 is 1.74 bits per heavy atom. The van der Waals surface area contributed by atoms with Crippen LogP contribution in [0.2, 0.25) is 0 Å². The maximum atomic E-state index is 13.6. The van der Waals surface area contributed by atoms with Crippen LogP contribution in [0.1, 0.15) is 53.5 Å². The summed E-state index contributed by atoms with van der Waals surface area (Å²) >= 11 is 0. The summed E-state index contributed by atoms with van der Waals surface area (Å²) in [5.41, 5.74) is 7.65. The molecular formula is C24H22FNO. The highest BCUT2D eigenvalue weighted by molar-refractivity contribution is 5.98. The van der Waals surface area contributed by atoms with Gasteiger partial charge in [-0.3, -0.25) is 9.78 Å². The largest absolute Gasteiger partial charge is 0.298 e. The van der Waals surface area contributed by atoms with Crippen molar-refractivity contribution in [3.63, 3.8) is 0 Å². The van der Waals surface area contributed by atoms with Gasteiger partial charge in [0.25, 0.3) is 0 Å². The van der Waals surface area contributed by atoms with Gasteiger partial charge in [-0.2, -0.15) is 0 Å². The van der Waals surface area contributed by atoms with Crippen LogP contribution in [-0.2, 0) is 12.8 Å². The van der Waals surface area contributed by atoms with Crippen molar-refractivity contribution < 1.29 is 9.18 Å². The summed E-state index contributed by atoms with van der Waals surface area (Å²) in [5.74, 6) is -0.149. The molecule has 2 nitrogen and oxygen atoms in total. The summed E-state index contributed by atoms with van der Waals surface area (Å²) in [4.78, 5) is 17.1. The predicted molar refractivity (Wildman–Crippen MR) is 107 cm³/mol. The molecule has 0 aliphatic heterocycles. The van der Waals surface area contributed by atoms with Gasteiger partial charge in [-0.15, -0.1) is 0 Å². The molecule has 27 heavy (non-hydrogen) atoms. The highest BCUT2D eigenvalue weighted by atomic mass is 19.1. The zero-order valence-corrected chi connectivity index (χ0v) is 15.6. The molecule has 0 amide bonds. The zero-order valence-electron chi connectivity index (χ0n) is 15.6. The van der Waals surface area contributed by atoms with Gasteiger partial charge in [0.1, 0.15) is 5.82 Å². The van der Waals surface area contributed by atoms with E-state index in [1.807, 2.05) is 6.07 Å². The average molecular weight is 359 g/mol. The minimum absolute atomic E-state index is 0.133. The molecule has 2 aromatic carbocycles. The van der Waals surface area contributed by atoms with Gasteiger partial charge in [0.2, 0.25) is 0 Å². The molecule has 0 saturated carbocycles. The van der Waals surface area contributed by atoms with E-state index in [0.29, 0.717) is 5.56 Å². The Hall–Kier alpha value is -2.81. The van der Waals surface area contributed by atoms with Crippen LogP contribution in [0.15, 0.2) is 48.5 Å². The van der Waals surface area contributed by atoms with Gasteiger partial charge in [0.15, 0.2) is 6.29 Å². The van der Waals surface area contributed by atoms with Crippen molar-refractivity contribution >= 4 is 6.29 Å². The molecule has 0 fully saturated rings. The third-order valence-corrected chi connectivity index (χ3v) is 5.28. The number of carbonyl (C=O) groups excluding carboxylic acids is 1. The third kappa shape index (κ3) is 3.08. The number of pyridine rings is 1. The predicted octanol–water partition coefficient (Wildman–Crippen LogP) is 5.98. The number of halogens is 1.